The molecule has 0 saturated carbocycles. The second-order valence-electron chi connectivity index (χ2n) is 6.66. The summed E-state index contributed by atoms with van der Waals surface area (Å²) in [6.07, 6.45) is 5.37. The molecule has 28 heavy (non-hydrogen) atoms. The predicted molar refractivity (Wildman–Crippen MR) is 107 cm³/mol. The Hall–Kier alpha value is -3.68. The standard InChI is InChI=1S/C20H19N7O/c28-20-15-19(23-17-5-1-2-9-26(17)20)25-13-11-24(12-14-25)16-6-3-7-18(22-16)27-10-4-8-21-27/h1-10,15H,11-14H2. The minimum atomic E-state index is -0.0587. The number of anilines is 2. The van der Waals surface area contributed by atoms with Crippen molar-refractivity contribution in [3.05, 3.63) is 77.5 Å². The SMILES string of the molecule is O=c1cc(N2CCN(c3cccc(-n4cccn4)n3)CC2)nc2ccccn12. The average Bonchev–Trinajstić information content (AvgIpc) is 3.29. The monoisotopic (exact) mass is 373 g/mol. The van der Waals surface area contributed by atoms with Crippen molar-refractivity contribution in [2.75, 3.05) is 36.0 Å². The number of nitrogens with zero attached hydrogens (tertiary/aromatic N) is 7. The molecule has 1 aliphatic rings. The summed E-state index contributed by atoms with van der Waals surface area (Å²) in [6.45, 7) is 3.18. The van der Waals surface area contributed by atoms with Crippen LogP contribution < -0.4 is 15.4 Å². The van der Waals surface area contributed by atoms with Crippen LogP contribution in [0.25, 0.3) is 11.5 Å². The number of fused-ring (bicyclic) bond motifs is 1. The van der Waals surface area contributed by atoms with E-state index >= 15 is 0 Å². The molecule has 0 spiro atoms. The number of rotatable bonds is 3. The third-order valence-electron chi connectivity index (χ3n) is 4.94. The lowest BCUT2D eigenvalue weighted by molar-refractivity contribution is 0.640. The van der Waals surface area contributed by atoms with Gasteiger partial charge in [-0.2, -0.15) is 5.10 Å². The molecule has 0 atom stereocenters. The lowest BCUT2D eigenvalue weighted by atomic mass is 10.3. The summed E-state index contributed by atoms with van der Waals surface area (Å²) in [5, 5.41) is 4.25. The van der Waals surface area contributed by atoms with Crippen LogP contribution in [-0.4, -0.2) is 50.3 Å². The minimum absolute atomic E-state index is 0.0587. The van der Waals surface area contributed by atoms with Crippen LogP contribution in [0.3, 0.4) is 0 Å². The van der Waals surface area contributed by atoms with E-state index in [4.69, 9.17) is 4.98 Å². The van der Waals surface area contributed by atoms with Gasteiger partial charge in [-0.1, -0.05) is 12.1 Å². The first-order valence-electron chi connectivity index (χ1n) is 9.23. The first kappa shape index (κ1) is 16.5. The molecule has 0 amide bonds. The Kier molecular flexibility index (Phi) is 4.01. The third kappa shape index (κ3) is 2.98. The van der Waals surface area contributed by atoms with E-state index in [0.717, 1.165) is 43.6 Å². The summed E-state index contributed by atoms with van der Waals surface area (Å²) in [5.74, 6) is 2.46. The molecule has 0 aliphatic carbocycles. The molecule has 1 aliphatic heterocycles. The summed E-state index contributed by atoms with van der Waals surface area (Å²) in [4.78, 5) is 26.1. The van der Waals surface area contributed by atoms with Crippen molar-refractivity contribution in [2.45, 2.75) is 0 Å². The first-order chi connectivity index (χ1) is 13.8. The van der Waals surface area contributed by atoms with E-state index < -0.39 is 0 Å². The van der Waals surface area contributed by atoms with E-state index in [1.54, 1.807) is 27.5 Å². The summed E-state index contributed by atoms with van der Waals surface area (Å²) in [6, 6.07) is 15.0. The fourth-order valence-electron chi connectivity index (χ4n) is 3.49. The largest absolute Gasteiger partial charge is 0.353 e. The quantitative estimate of drug-likeness (QED) is 0.543. The molecule has 5 rings (SSSR count). The number of hydrogen-bond acceptors (Lipinski definition) is 6. The van der Waals surface area contributed by atoms with Crippen LogP contribution in [0.1, 0.15) is 0 Å². The smallest absolute Gasteiger partial charge is 0.259 e. The van der Waals surface area contributed by atoms with Gasteiger partial charge in [0.1, 0.15) is 17.3 Å². The van der Waals surface area contributed by atoms with Gasteiger partial charge < -0.3 is 9.80 Å². The zero-order valence-electron chi connectivity index (χ0n) is 15.2. The fourth-order valence-corrected chi connectivity index (χ4v) is 3.49. The van der Waals surface area contributed by atoms with Crippen molar-refractivity contribution >= 4 is 17.3 Å². The second kappa shape index (κ2) is 6.80. The maximum absolute atomic E-state index is 12.3. The number of aromatic nitrogens is 5. The van der Waals surface area contributed by atoms with Gasteiger partial charge >= 0.3 is 0 Å². The van der Waals surface area contributed by atoms with Crippen molar-refractivity contribution in [1.29, 1.82) is 0 Å². The summed E-state index contributed by atoms with van der Waals surface area (Å²) in [5.41, 5.74) is 0.609. The second-order valence-corrected chi connectivity index (χ2v) is 6.66. The molecule has 140 valence electrons. The highest BCUT2D eigenvalue weighted by atomic mass is 16.1. The van der Waals surface area contributed by atoms with Crippen LogP contribution in [0.4, 0.5) is 11.6 Å². The molecule has 0 unspecified atom stereocenters. The zero-order valence-corrected chi connectivity index (χ0v) is 15.2. The van der Waals surface area contributed by atoms with Gasteiger partial charge in [0.15, 0.2) is 5.82 Å². The molecule has 0 aromatic carbocycles. The summed E-state index contributed by atoms with van der Waals surface area (Å²) in [7, 11) is 0. The van der Waals surface area contributed by atoms with Gasteiger partial charge in [0.05, 0.1) is 0 Å². The molecular weight excluding hydrogens is 354 g/mol. The molecule has 8 nitrogen and oxygen atoms in total. The minimum Gasteiger partial charge on any atom is -0.353 e. The number of hydrogen-bond donors (Lipinski definition) is 0. The van der Waals surface area contributed by atoms with Gasteiger partial charge in [0.25, 0.3) is 5.56 Å². The molecular formula is C20H19N7O. The van der Waals surface area contributed by atoms with Crippen LogP contribution in [-0.2, 0) is 0 Å². The molecule has 0 radical (unpaired) electrons. The Bertz CT molecular complexity index is 1160. The summed E-state index contributed by atoms with van der Waals surface area (Å²) < 4.78 is 3.32. The van der Waals surface area contributed by atoms with Crippen LogP contribution in [0.5, 0.6) is 0 Å². The maximum Gasteiger partial charge on any atom is 0.259 e. The van der Waals surface area contributed by atoms with E-state index in [1.165, 1.54) is 0 Å². The highest BCUT2D eigenvalue weighted by molar-refractivity contribution is 5.50. The van der Waals surface area contributed by atoms with E-state index in [0.29, 0.717) is 5.65 Å². The molecule has 4 aromatic rings. The van der Waals surface area contributed by atoms with Gasteiger partial charge in [0, 0.05) is 50.8 Å². The van der Waals surface area contributed by atoms with E-state index in [9.17, 15) is 4.79 Å². The van der Waals surface area contributed by atoms with Crippen LogP contribution in [0, 0.1) is 0 Å². The topological polar surface area (TPSA) is 71.6 Å². The van der Waals surface area contributed by atoms with Crippen molar-refractivity contribution < 1.29 is 0 Å². The molecule has 0 N–H and O–H groups in total. The normalized spacial score (nSPS) is 14.6. The van der Waals surface area contributed by atoms with Crippen LogP contribution in [0.15, 0.2) is 71.9 Å². The molecule has 8 heteroatoms. The molecule has 1 saturated heterocycles. The number of piperazine rings is 1. The van der Waals surface area contributed by atoms with E-state index in [1.807, 2.05) is 48.7 Å². The molecule has 1 fully saturated rings. The molecule has 0 bridgehead atoms. The van der Waals surface area contributed by atoms with E-state index in [2.05, 4.69) is 19.9 Å². The Morgan fingerprint density at radius 1 is 0.750 bits per heavy atom. The van der Waals surface area contributed by atoms with Gasteiger partial charge in [-0.15, -0.1) is 0 Å². The Labute approximate surface area is 161 Å². The zero-order chi connectivity index (χ0) is 18.9. The fraction of sp³-hybridized carbons (Fsp3) is 0.200. The van der Waals surface area contributed by atoms with Gasteiger partial charge in [-0.3, -0.25) is 9.20 Å². The van der Waals surface area contributed by atoms with Crippen LogP contribution in [0.2, 0.25) is 0 Å². The average molecular weight is 373 g/mol. The molecule has 4 aromatic heterocycles. The van der Waals surface area contributed by atoms with Crippen molar-refractivity contribution in [1.82, 2.24) is 24.1 Å². The van der Waals surface area contributed by atoms with Crippen LogP contribution >= 0.6 is 0 Å². The summed E-state index contributed by atoms with van der Waals surface area (Å²) >= 11 is 0. The first-order valence-corrected chi connectivity index (χ1v) is 9.23. The predicted octanol–water partition coefficient (Wildman–Crippen LogP) is 1.60. The molecule has 5 heterocycles. The van der Waals surface area contributed by atoms with Crippen molar-refractivity contribution in [3.63, 3.8) is 0 Å². The highest BCUT2D eigenvalue weighted by Crippen LogP contribution is 2.18. The van der Waals surface area contributed by atoms with Crippen molar-refractivity contribution in [2.24, 2.45) is 0 Å². The van der Waals surface area contributed by atoms with Gasteiger partial charge in [-0.25, -0.2) is 14.6 Å². The Morgan fingerprint density at radius 2 is 1.54 bits per heavy atom. The Morgan fingerprint density at radius 3 is 2.32 bits per heavy atom. The van der Waals surface area contributed by atoms with Crippen molar-refractivity contribution in [3.8, 4) is 5.82 Å². The third-order valence-corrected chi connectivity index (χ3v) is 4.94. The number of pyridine rings is 2. The van der Waals surface area contributed by atoms with Gasteiger partial charge in [0.2, 0.25) is 0 Å². The lowest BCUT2D eigenvalue weighted by Crippen LogP contribution is -2.47. The van der Waals surface area contributed by atoms with Gasteiger partial charge in [-0.05, 0) is 30.3 Å². The Balaban J connectivity index is 1.34. The maximum atomic E-state index is 12.3. The van der Waals surface area contributed by atoms with E-state index in [-0.39, 0.29) is 5.56 Å². The lowest BCUT2D eigenvalue weighted by Gasteiger charge is -2.36. The highest BCUT2D eigenvalue weighted by Gasteiger charge is 2.20.